The van der Waals surface area contributed by atoms with E-state index in [0.29, 0.717) is 12.3 Å². The number of unbranched alkanes of at least 4 members (excludes halogenated alkanes) is 3. The molecule has 0 radical (unpaired) electrons. The van der Waals surface area contributed by atoms with E-state index in [2.05, 4.69) is 17.7 Å². The molecule has 0 aromatic heterocycles. The number of hydrogen-bond acceptors (Lipinski definition) is 4. The molecule has 1 rings (SSSR count). The Morgan fingerprint density at radius 2 is 2.04 bits per heavy atom. The molecule has 1 unspecified atom stereocenters. The first-order valence-electron chi connectivity index (χ1n) is 9.19. The third kappa shape index (κ3) is 7.98. The van der Waals surface area contributed by atoms with Gasteiger partial charge in [0.15, 0.2) is 0 Å². The van der Waals surface area contributed by atoms with Gasteiger partial charge in [0.25, 0.3) is 0 Å². The van der Waals surface area contributed by atoms with Crippen LogP contribution in [0.5, 0.6) is 0 Å². The van der Waals surface area contributed by atoms with Gasteiger partial charge >= 0.3 is 5.97 Å². The minimum Gasteiger partial charge on any atom is -0.469 e. The summed E-state index contributed by atoms with van der Waals surface area (Å²) in [5.41, 5.74) is 0. The average Bonchev–Trinajstić information content (AvgIpc) is 2.89. The van der Waals surface area contributed by atoms with E-state index in [1.165, 1.54) is 13.5 Å². The molecular weight excluding hydrogens is 292 g/mol. The van der Waals surface area contributed by atoms with Crippen molar-refractivity contribution in [3.8, 4) is 0 Å². The predicted octanol–water partition coefficient (Wildman–Crippen LogP) is 3.60. The van der Waals surface area contributed by atoms with E-state index in [-0.39, 0.29) is 24.1 Å². The molecule has 0 aromatic carbocycles. The molecule has 0 aromatic rings. The topological polar surface area (TPSA) is 66.8 Å². The lowest BCUT2D eigenvalue weighted by Crippen LogP contribution is -2.18. The summed E-state index contributed by atoms with van der Waals surface area (Å²) in [4.78, 5) is 11.1. The summed E-state index contributed by atoms with van der Waals surface area (Å²) >= 11 is 0. The van der Waals surface area contributed by atoms with Crippen LogP contribution in [-0.2, 0) is 9.53 Å². The van der Waals surface area contributed by atoms with Gasteiger partial charge in [0.2, 0.25) is 0 Å². The van der Waals surface area contributed by atoms with Crippen molar-refractivity contribution in [2.75, 3.05) is 7.11 Å². The molecule has 23 heavy (non-hydrogen) atoms. The quantitative estimate of drug-likeness (QED) is 0.346. The smallest absolute Gasteiger partial charge is 0.305 e. The zero-order valence-corrected chi connectivity index (χ0v) is 14.7. The predicted molar refractivity (Wildman–Crippen MR) is 92.0 cm³/mol. The van der Waals surface area contributed by atoms with Crippen LogP contribution in [0, 0.1) is 11.8 Å². The minimum atomic E-state index is -0.362. The molecule has 0 aliphatic heterocycles. The number of aliphatic hydroxyl groups is 2. The van der Waals surface area contributed by atoms with Gasteiger partial charge in [0, 0.05) is 6.42 Å². The molecule has 1 saturated carbocycles. The molecule has 134 valence electrons. The van der Waals surface area contributed by atoms with Crippen LogP contribution in [0.25, 0.3) is 0 Å². The van der Waals surface area contributed by atoms with Gasteiger partial charge in [0.05, 0.1) is 19.3 Å². The van der Waals surface area contributed by atoms with Crippen LogP contribution in [0.15, 0.2) is 12.2 Å². The van der Waals surface area contributed by atoms with Gasteiger partial charge in [-0.3, -0.25) is 4.79 Å². The number of carbonyl (C=O) groups is 1. The summed E-state index contributed by atoms with van der Waals surface area (Å²) in [6.45, 7) is 2.16. The summed E-state index contributed by atoms with van der Waals surface area (Å²) in [5, 5.41) is 20.2. The molecule has 0 spiro atoms. The van der Waals surface area contributed by atoms with E-state index < -0.39 is 0 Å². The Kier molecular flexibility index (Phi) is 10.2. The monoisotopic (exact) mass is 326 g/mol. The van der Waals surface area contributed by atoms with Gasteiger partial charge in [0.1, 0.15) is 0 Å². The highest BCUT2D eigenvalue weighted by Gasteiger charge is 2.32. The molecule has 4 atom stereocenters. The summed E-state index contributed by atoms with van der Waals surface area (Å²) in [6, 6.07) is 0. The van der Waals surface area contributed by atoms with Crippen LogP contribution in [0.1, 0.15) is 71.1 Å². The van der Waals surface area contributed by atoms with Gasteiger partial charge in [-0.2, -0.15) is 0 Å². The first-order chi connectivity index (χ1) is 11.1. The first-order valence-corrected chi connectivity index (χ1v) is 9.19. The van der Waals surface area contributed by atoms with Crippen LogP contribution < -0.4 is 0 Å². The van der Waals surface area contributed by atoms with Crippen molar-refractivity contribution in [1.29, 1.82) is 0 Å². The molecule has 0 amide bonds. The van der Waals surface area contributed by atoms with Crippen molar-refractivity contribution in [1.82, 2.24) is 0 Å². The summed E-state index contributed by atoms with van der Waals surface area (Å²) in [6.07, 6.45) is 12.6. The standard InChI is InChI=1S/C19H34O4/c1-3-4-5-8-16(20)13-11-15-12-14-18(21)17(15)9-6-7-10-19(22)23-2/h11,13,15-18,20-21H,3-10,12,14H2,1-2H3/t15-,16?,17-,18-/m0/s1. The van der Waals surface area contributed by atoms with Gasteiger partial charge in [-0.15, -0.1) is 0 Å². The summed E-state index contributed by atoms with van der Waals surface area (Å²) in [5.74, 6) is 0.444. The second-order valence-corrected chi connectivity index (χ2v) is 6.74. The molecule has 1 aliphatic rings. The number of aliphatic hydroxyl groups excluding tert-OH is 2. The van der Waals surface area contributed by atoms with Crippen LogP contribution in [0.2, 0.25) is 0 Å². The van der Waals surface area contributed by atoms with E-state index in [9.17, 15) is 15.0 Å². The fourth-order valence-corrected chi connectivity index (χ4v) is 3.44. The van der Waals surface area contributed by atoms with Crippen molar-refractivity contribution in [3.05, 3.63) is 12.2 Å². The number of allylic oxidation sites excluding steroid dienone is 1. The molecule has 4 nitrogen and oxygen atoms in total. The normalized spacial score (nSPS) is 25.8. The first kappa shape index (κ1) is 20.2. The van der Waals surface area contributed by atoms with Crippen molar-refractivity contribution in [3.63, 3.8) is 0 Å². The number of esters is 1. The number of hydrogen-bond donors (Lipinski definition) is 2. The highest BCUT2D eigenvalue weighted by molar-refractivity contribution is 5.68. The maximum absolute atomic E-state index is 11.1. The van der Waals surface area contributed by atoms with Crippen molar-refractivity contribution >= 4 is 5.97 Å². The molecule has 1 fully saturated rings. The molecule has 0 saturated heterocycles. The molecule has 2 N–H and O–H groups in total. The lowest BCUT2D eigenvalue weighted by Gasteiger charge is -2.20. The fourth-order valence-electron chi connectivity index (χ4n) is 3.44. The molecule has 1 aliphatic carbocycles. The number of methoxy groups -OCH3 is 1. The largest absolute Gasteiger partial charge is 0.469 e. The Bertz CT molecular complexity index is 353. The van der Waals surface area contributed by atoms with Crippen LogP contribution in [0.4, 0.5) is 0 Å². The van der Waals surface area contributed by atoms with Gasteiger partial charge < -0.3 is 14.9 Å². The van der Waals surface area contributed by atoms with Crippen molar-refractivity contribution in [2.45, 2.75) is 83.3 Å². The highest BCUT2D eigenvalue weighted by Crippen LogP contribution is 2.36. The van der Waals surface area contributed by atoms with Crippen molar-refractivity contribution in [2.24, 2.45) is 11.8 Å². The molecule has 0 bridgehead atoms. The van der Waals surface area contributed by atoms with E-state index >= 15 is 0 Å². The van der Waals surface area contributed by atoms with E-state index in [1.54, 1.807) is 0 Å². The highest BCUT2D eigenvalue weighted by atomic mass is 16.5. The lowest BCUT2D eigenvalue weighted by atomic mass is 9.88. The van der Waals surface area contributed by atoms with E-state index in [1.807, 2.05) is 6.08 Å². The zero-order valence-electron chi connectivity index (χ0n) is 14.7. The maximum Gasteiger partial charge on any atom is 0.305 e. The van der Waals surface area contributed by atoms with Gasteiger partial charge in [-0.05, 0) is 43.9 Å². The molecule has 4 heteroatoms. The SMILES string of the molecule is CCCCCC(O)C=C[C@H]1CC[C@H](O)[C@H]1CCCCC(=O)OC. The van der Waals surface area contributed by atoms with Gasteiger partial charge in [-0.1, -0.05) is 44.8 Å². The Labute approximate surface area is 140 Å². The summed E-state index contributed by atoms with van der Waals surface area (Å²) in [7, 11) is 1.41. The van der Waals surface area contributed by atoms with Crippen LogP contribution >= 0.6 is 0 Å². The Morgan fingerprint density at radius 3 is 2.74 bits per heavy atom. The number of rotatable bonds is 11. The minimum absolute atomic E-state index is 0.163. The third-order valence-electron chi connectivity index (χ3n) is 4.92. The second-order valence-electron chi connectivity index (χ2n) is 6.74. The molecular formula is C19H34O4. The Morgan fingerprint density at radius 1 is 1.26 bits per heavy atom. The average molecular weight is 326 g/mol. The number of ether oxygens (including phenoxy) is 1. The van der Waals surface area contributed by atoms with E-state index in [0.717, 1.165) is 51.4 Å². The van der Waals surface area contributed by atoms with Crippen LogP contribution in [-0.4, -0.2) is 35.5 Å². The lowest BCUT2D eigenvalue weighted by molar-refractivity contribution is -0.140. The third-order valence-corrected chi connectivity index (χ3v) is 4.92. The molecule has 0 heterocycles. The maximum atomic E-state index is 11.1. The van der Waals surface area contributed by atoms with E-state index in [4.69, 9.17) is 0 Å². The van der Waals surface area contributed by atoms with Crippen molar-refractivity contribution < 1.29 is 19.7 Å². The van der Waals surface area contributed by atoms with Crippen LogP contribution in [0.3, 0.4) is 0 Å². The number of carbonyl (C=O) groups excluding carboxylic acids is 1. The summed E-state index contributed by atoms with van der Waals surface area (Å²) < 4.78 is 4.64. The Balaban J connectivity index is 2.33. The Hall–Kier alpha value is -0.870. The fraction of sp³-hybridized carbons (Fsp3) is 0.842. The van der Waals surface area contributed by atoms with Gasteiger partial charge in [-0.25, -0.2) is 0 Å². The second kappa shape index (κ2) is 11.6. The zero-order chi connectivity index (χ0) is 17.1.